The van der Waals surface area contributed by atoms with Crippen molar-refractivity contribution in [3.8, 4) is 5.88 Å². The lowest BCUT2D eigenvalue weighted by Gasteiger charge is -2.33. The first-order valence-corrected chi connectivity index (χ1v) is 10.8. The first kappa shape index (κ1) is 22.1. The Morgan fingerprint density at radius 1 is 1.03 bits per heavy atom. The number of pyridine rings is 1. The lowest BCUT2D eigenvalue weighted by atomic mass is 9.96. The topological polar surface area (TPSA) is 105 Å². The molecule has 2 aliphatic rings. The maximum Gasteiger partial charge on any atom is 0.321 e. The molecule has 3 N–H and O–H groups in total. The van der Waals surface area contributed by atoms with Crippen LogP contribution in [-0.4, -0.2) is 67.4 Å². The van der Waals surface area contributed by atoms with Crippen LogP contribution in [0, 0.1) is 0 Å². The smallest absolute Gasteiger partial charge is 0.321 e. The third kappa shape index (κ3) is 7.05. The lowest BCUT2D eigenvalue weighted by Crippen LogP contribution is -2.51. The summed E-state index contributed by atoms with van der Waals surface area (Å²) in [5.41, 5.74) is 0.617. The summed E-state index contributed by atoms with van der Waals surface area (Å²) in [5, 5.41) is 9.01. The standard InChI is InChI=1S/C21H33N5O4/c1-29-13-14-30-19-8-7-18(15-22-19)25-21(28)26-11-9-17(10-12-26)24-20(27)23-16-5-3-2-4-6-16/h7-8,15-17H,2-6,9-14H2,1H3,(H,25,28)(H2,23,24,27). The minimum atomic E-state index is -0.157. The van der Waals surface area contributed by atoms with Crippen molar-refractivity contribution in [2.75, 3.05) is 38.7 Å². The van der Waals surface area contributed by atoms with E-state index in [4.69, 9.17) is 9.47 Å². The summed E-state index contributed by atoms with van der Waals surface area (Å²) in [6.45, 7) is 2.13. The number of aromatic nitrogens is 1. The summed E-state index contributed by atoms with van der Waals surface area (Å²) in [6, 6.07) is 3.64. The molecule has 1 aromatic rings. The van der Waals surface area contributed by atoms with Crippen molar-refractivity contribution in [1.82, 2.24) is 20.5 Å². The molecule has 1 saturated carbocycles. The average molecular weight is 420 g/mol. The number of piperidine rings is 1. The van der Waals surface area contributed by atoms with Crippen LogP contribution in [0.1, 0.15) is 44.9 Å². The van der Waals surface area contributed by atoms with Gasteiger partial charge in [0.1, 0.15) is 6.61 Å². The van der Waals surface area contributed by atoms with Gasteiger partial charge in [-0.1, -0.05) is 19.3 Å². The maximum atomic E-state index is 12.5. The highest BCUT2D eigenvalue weighted by Crippen LogP contribution is 2.18. The normalized spacial score (nSPS) is 18.0. The Hall–Kier alpha value is -2.55. The molecule has 3 rings (SSSR count). The predicted octanol–water partition coefficient (Wildman–Crippen LogP) is 2.74. The van der Waals surface area contributed by atoms with Gasteiger partial charge in [0.2, 0.25) is 5.88 Å². The summed E-state index contributed by atoms with van der Waals surface area (Å²) in [5.74, 6) is 0.489. The monoisotopic (exact) mass is 419 g/mol. The van der Waals surface area contributed by atoms with Gasteiger partial charge in [0.05, 0.1) is 18.5 Å². The van der Waals surface area contributed by atoms with Crippen molar-refractivity contribution in [2.24, 2.45) is 0 Å². The van der Waals surface area contributed by atoms with E-state index in [2.05, 4.69) is 20.9 Å². The Morgan fingerprint density at radius 2 is 1.73 bits per heavy atom. The number of hydrogen-bond donors (Lipinski definition) is 3. The molecule has 1 aliphatic carbocycles. The molecule has 0 atom stereocenters. The van der Waals surface area contributed by atoms with Crippen LogP contribution in [0.15, 0.2) is 18.3 Å². The highest BCUT2D eigenvalue weighted by molar-refractivity contribution is 5.89. The van der Waals surface area contributed by atoms with Crippen LogP contribution in [0.5, 0.6) is 5.88 Å². The lowest BCUT2D eigenvalue weighted by molar-refractivity contribution is 0.144. The number of nitrogens with zero attached hydrogens (tertiary/aromatic N) is 2. The zero-order valence-corrected chi connectivity index (χ0v) is 17.7. The van der Waals surface area contributed by atoms with E-state index in [0.29, 0.717) is 43.9 Å². The number of likely N-dealkylation sites (tertiary alicyclic amines) is 1. The number of anilines is 1. The molecule has 1 aliphatic heterocycles. The molecule has 0 radical (unpaired) electrons. The van der Waals surface area contributed by atoms with E-state index in [9.17, 15) is 9.59 Å². The van der Waals surface area contributed by atoms with Crippen LogP contribution in [0.3, 0.4) is 0 Å². The van der Waals surface area contributed by atoms with Gasteiger partial charge >= 0.3 is 12.1 Å². The molecule has 2 heterocycles. The molecule has 166 valence electrons. The van der Waals surface area contributed by atoms with Gasteiger partial charge in [-0.2, -0.15) is 0 Å². The molecule has 4 amide bonds. The fourth-order valence-corrected chi connectivity index (χ4v) is 3.86. The van der Waals surface area contributed by atoms with E-state index in [-0.39, 0.29) is 18.1 Å². The Balaban J connectivity index is 1.36. The summed E-state index contributed by atoms with van der Waals surface area (Å²) >= 11 is 0. The van der Waals surface area contributed by atoms with Gasteiger partial charge in [-0.25, -0.2) is 14.6 Å². The molecular weight excluding hydrogens is 386 g/mol. The highest BCUT2D eigenvalue weighted by Gasteiger charge is 2.25. The van der Waals surface area contributed by atoms with Crippen LogP contribution in [0.4, 0.5) is 15.3 Å². The number of methoxy groups -OCH3 is 1. The van der Waals surface area contributed by atoms with E-state index >= 15 is 0 Å². The Labute approximate surface area is 177 Å². The van der Waals surface area contributed by atoms with Gasteiger partial charge in [0.15, 0.2) is 0 Å². The number of urea groups is 2. The first-order chi connectivity index (χ1) is 14.6. The molecule has 1 saturated heterocycles. The second kappa shape index (κ2) is 11.6. The van der Waals surface area contributed by atoms with Gasteiger partial charge in [-0.15, -0.1) is 0 Å². The SMILES string of the molecule is COCCOc1ccc(NC(=O)N2CCC(NC(=O)NC3CCCCC3)CC2)cn1. The highest BCUT2D eigenvalue weighted by atomic mass is 16.5. The minimum absolute atomic E-state index is 0.0799. The van der Waals surface area contributed by atoms with Crippen LogP contribution >= 0.6 is 0 Å². The quantitative estimate of drug-likeness (QED) is 0.590. The second-order valence-electron chi connectivity index (χ2n) is 7.87. The van der Waals surface area contributed by atoms with Crippen molar-refractivity contribution in [2.45, 2.75) is 57.0 Å². The molecule has 9 heteroatoms. The molecule has 0 spiro atoms. The number of ether oxygens (including phenoxy) is 2. The fourth-order valence-electron chi connectivity index (χ4n) is 3.86. The summed E-state index contributed by atoms with van der Waals surface area (Å²) in [6.07, 6.45) is 8.86. The van der Waals surface area contributed by atoms with Crippen molar-refractivity contribution >= 4 is 17.7 Å². The van der Waals surface area contributed by atoms with E-state index in [0.717, 1.165) is 25.7 Å². The first-order valence-electron chi connectivity index (χ1n) is 10.8. The van der Waals surface area contributed by atoms with Gasteiger partial charge in [0.25, 0.3) is 0 Å². The predicted molar refractivity (Wildman–Crippen MR) is 114 cm³/mol. The van der Waals surface area contributed by atoms with Crippen molar-refractivity contribution < 1.29 is 19.1 Å². The number of amides is 4. The summed E-state index contributed by atoms with van der Waals surface area (Å²) in [7, 11) is 1.61. The molecule has 0 aromatic carbocycles. The van der Waals surface area contributed by atoms with Gasteiger partial charge in [-0.05, 0) is 31.7 Å². The largest absolute Gasteiger partial charge is 0.475 e. The van der Waals surface area contributed by atoms with Crippen LogP contribution in [-0.2, 0) is 4.74 Å². The molecule has 2 fully saturated rings. The van der Waals surface area contributed by atoms with Gasteiger partial charge < -0.3 is 30.3 Å². The minimum Gasteiger partial charge on any atom is -0.475 e. The number of carbonyl (C=O) groups is 2. The number of nitrogens with one attached hydrogen (secondary N) is 3. The zero-order chi connectivity index (χ0) is 21.2. The van der Waals surface area contributed by atoms with Crippen LogP contribution < -0.4 is 20.7 Å². The van der Waals surface area contributed by atoms with Crippen LogP contribution in [0.25, 0.3) is 0 Å². The third-order valence-corrected chi connectivity index (χ3v) is 5.58. The molecular formula is C21H33N5O4. The Kier molecular flexibility index (Phi) is 8.55. The molecule has 0 bridgehead atoms. The third-order valence-electron chi connectivity index (χ3n) is 5.58. The van der Waals surface area contributed by atoms with E-state index < -0.39 is 0 Å². The fraction of sp³-hybridized carbons (Fsp3) is 0.667. The van der Waals surface area contributed by atoms with Crippen molar-refractivity contribution in [3.63, 3.8) is 0 Å². The summed E-state index contributed by atoms with van der Waals surface area (Å²) < 4.78 is 10.3. The zero-order valence-electron chi connectivity index (χ0n) is 17.7. The molecule has 30 heavy (non-hydrogen) atoms. The van der Waals surface area contributed by atoms with Gasteiger partial charge in [-0.3, -0.25) is 0 Å². The number of carbonyl (C=O) groups excluding carboxylic acids is 2. The second-order valence-corrected chi connectivity index (χ2v) is 7.87. The Morgan fingerprint density at radius 3 is 2.37 bits per heavy atom. The van der Waals surface area contributed by atoms with Crippen LogP contribution in [0.2, 0.25) is 0 Å². The number of rotatable bonds is 7. The van der Waals surface area contributed by atoms with E-state index in [1.54, 1.807) is 30.3 Å². The van der Waals surface area contributed by atoms with Gasteiger partial charge in [0, 0.05) is 38.3 Å². The van der Waals surface area contributed by atoms with E-state index in [1.807, 2.05) is 0 Å². The number of hydrogen-bond acceptors (Lipinski definition) is 5. The van der Waals surface area contributed by atoms with Crippen molar-refractivity contribution in [1.29, 1.82) is 0 Å². The molecule has 9 nitrogen and oxygen atoms in total. The molecule has 1 aromatic heterocycles. The Bertz CT molecular complexity index is 670. The summed E-state index contributed by atoms with van der Waals surface area (Å²) in [4.78, 5) is 30.6. The molecule has 0 unspecified atom stereocenters. The average Bonchev–Trinajstić information content (AvgIpc) is 2.76. The maximum absolute atomic E-state index is 12.5. The van der Waals surface area contributed by atoms with E-state index in [1.165, 1.54) is 19.3 Å². The van der Waals surface area contributed by atoms with Crippen molar-refractivity contribution in [3.05, 3.63) is 18.3 Å².